The lowest BCUT2D eigenvalue weighted by molar-refractivity contribution is 0.319. The Bertz CT molecular complexity index is 173. The molecule has 0 aromatic heterocycles. The van der Waals surface area contributed by atoms with E-state index in [0.717, 1.165) is 12.0 Å². The number of hydrogen-bond donors (Lipinski definition) is 0. The molecule has 1 nitrogen and oxygen atoms in total. The zero-order valence-corrected chi connectivity index (χ0v) is 10.3. The molecule has 2 saturated heterocycles. The van der Waals surface area contributed by atoms with Gasteiger partial charge in [0.1, 0.15) is 0 Å². The Morgan fingerprint density at radius 3 is 2.69 bits per heavy atom. The zero-order valence-electron chi connectivity index (χ0n) is 9.34. The van der Waals surface area contributed by atoms with Gasteiger partial charge in [-0.15, -0.1) is 0 Å². The van der Waals surface area contributed by atoms with Gasteiger partial charge in [0.2, 0.25) is 0 Å². The van der Waals surface area contributed by atoms with Gasteiger partial charge in [-0.25, -0.2) is 0 Å². The molecule has 0 amide bonds. The van der Waals surface area contributed by atoms with Crippen LogP contribution in [-0.4, -0.2) is 32.1 Å². The van der Waals surface area contributed by atoms with Gasteiger partial charge >= 0.3 is 0 Å². The molecular formula is C11H23NSi. The smallest absolute Gasteiger partial charge is 0.0445 e. The molecule has 0 aromatic carbocycles. The van der Waals surface area contributed by atoms with Crippen molar-refractivity contribution in [2.75, 3.05) is 13.1 Å². The average Bonchev–Trinajstić information content (AvgIpc) is 2.40. The summed E-state index contributed by atoms with van der Waals surface area (Å²) in [5.74, 6) is 1.05. The van der Waals surface area contributed by atoms with Crippen molar-refractivity contribution in [3.63, 3.8) is 0 Å². The third-order valence-electron chi connectivity index (χ3n) is 3.50. The van der Waals surface area contributed by atoms with Gasteiger partial charge in [-0.1, -0.05) is 25.7 Å². The van der Waals surface area contributed by atoms with E-state index in [2.05, 4.69) is 24.5 Å². The average molecular weight is 197 g/mol. The first kappa shape index (κ1) is 9.72. The van der Waals surface area contributed by atoms with Crippen LogP contribution in [0, 0.1) is 5.92 Å². The first-order valence-corrected chi connectivity index (χ1v) is 9.49. The molecule has 2 fully saturated rings. The largest absolute Gasteiger partial charge is 0.300 e. The van der Waals surface area contributed by atoms with Crippen molar-refractivity contribution in [2.24, 2.45) is 5.92 Å². The molecule has 13 heavy (non-hydrogen) atoms. The van der Waals surface area contributed by atoms with Crippen LogP contribution in [-0.2, 0) is 0 Å². The van der Waals surface area contributed by atoms with Crippen LogP contribution in [0.4, 0.5) is 0 Å². The van der Waals surface area contributed by atoms with E-state index in [1.165, 1.54) is 32.4 Å². The summed E-state index contributed by atoms with van der Waals surface area (Å²) in [7, 11) is -0.797. The Hall–Kier alpha value is 0.177. The number of fused-ring (bicyclic) bond motifs is 1. The Morgan fingerprint density at radius 2 is 2.08 bits per heavy atom. The molecule has 2 aliphatic rings. The summed E-state index contributed by atoms with van der Waals surface area (Å²) in [4.78, 5) is 2.74. The van der Waals surface area contributed by atoms with Gasteiger partial charge < -0.3 is 4.90 Å². The maximum Gasteiger partial charge on any atom is 0.0445 e. The molecule has 2 atom stereocenters. The van der Waals surface area contributed by atoms with Crippen molar-refractivity contribution in [3.05, 3.63) is 0 Å². The minimum atomic E-state index is -0.797. The van der Waals surface area contributed by atoms with E-state index in [-0.39, 0.29) is 0 Å². The summed E-state index contributed by atoms with van der Waals surface area (Å²) in [6.45, 7) is 10.4. The first-order chi connectivity index (χ1) is 6.04. The van der Waals surface area contributed by atoms with Crippen LogP contribution in [0.15, 0.2) is 0 Å². The Labute approximate surface area is 83.5 Å². The highest BCUT2D eigenvalue weighted by Gasteiger charge is 2.36. The number of nitrogens with zero attached hydrogens (tertiary/aromatic N) is 1. The van der Waals surface area contributed by atoms with Crippen LogP contribution in [0.25, 0.3) is 0 Å². The molecule has 0 unspecified atom stereocenters. The summed E-state index contributed by atoms with van der Waals surface area (Å²) >= 11 is 0. The van der Waals surface area contributed by atoms with Crippen LogP contribution in [0.1, 0.15) is 19.3 Å². The van der Waals surface area contributed by atoms with E-state index in [9.17, 15) is 0 Å². The molecule has 0 radical (unpaired) electrons. The van der Waals surface area contributed by atoms with Crippen molar-refractivity contribution in [2.45, 2.75) is 51.0 Å². The van der Waals surface area contributed by atoms with Crippen molar-refractivity contribution < 1.29 is 0 Å². The third-order valence-corrected chi connectivity index (χ3v) is 5.30. The summed E-state index contributed by atoms with van der Waals surface area (Å²) < 4.78 is 0. The molecule has 0 saturated carbocycles. The molecule has 0 aliphatic carbocycles. The highest BCUT2D eigenvalue weighted by Crippen LogP contribution is 2.35. The third kappa shape index (κ3) is 2.35. The van der Waals surface area contributed by atoms with Crippen LogP contribution in [0.5, 0.6) is 0 Å². The molecule has 0 bridgehead atoms. The molecule has 76 valence electrons. The van der Waals surface area contributed by atoms with Gasteiger partial charge in [-0.05, 0) is 31.7 Å². The Kier molecular flexibility index (Phi) is 2.54. The molecule has 2 rings (SSSR count). The van der Waals surface area contributed by atoms with Gasteiger partial charge in [-0.3, -0.25) is 0 Å². The van der Waals surface area contributed by atoms with E-state index in [4.69, 9.17) is 0 Å². The minimum Gasteiger partial charge on any atom is -0.300 e. The number of hydrogen-bond acceptors (Lipinski definition) is 1. The van der Waals surface area contributed by atoms with E-state index in [1.807, 2.05) is 0 Å². The summed E-state index contributed by atoms with van der Waals surface area (Å²) in [6, 6.07) is 2.54. The molecule has 2 heterocycles. The topological polar surface area (TPSA) is 3.24 Å². The molecular weight excluding hydrogens is 174 g/mol. The van der Waals surface area contributed by atoms with Gasteiger partial charge in [-0.2, -0.15) is 0 Å². The van der Waals surface area contributed by atoms with Gasteiger partial charge in [0, 0.05) is 20.7 Å². The fourth-order valence-corrected chi connectivity index (χ4v) is 5.24. The Morgan fingerprint density at radius 1 is 1.31 bits per heavy atom. The number of rotatable bonds is 2. The Balaban J connectivity index is 1.85. The van der Waals surface area contributed by atoms with Gasteiger partial charge in [0.25, 0.3) is 0 Å². The van der Waals surface area contributed by atoms with Crippen molar-refractivity contribution >= 4 is 8.07 Å². The summed E-state index contributed by atoms with van der Waals surface area (Å²) in [5.41, 5.74) is 0. The second-order valence-electron chi connectivity index (χ2n) is 6.16. The first-order valence-electron chi connectivity index (χ1n) is 5.79. The lowest BCUT2D eigenvalue weighted by Crippen LogP contribution is -2.26. The predicted molar refractivity (Wildman–Crippen MR) is 60.9 cm³/mol. The zero-order chi connectivity index (χ0) is 9.47. The summed E-state index contributed by atoms with van der Waals surface area (Å²) in [6.07, 6.45) is 4.47. The highest BCUT2D eigenvalue weighted by molar-refractivity contribution is 6.76. The van der Waals surface area contributed by atoms with E-state index >= 15 is 0 Å². The molecule has 0 N–H and O–H groups in total. The fraction of sp³-hybridized carbons (Fsp3) is 1.00. The van der Waals surface area contributed by atoms with Gasteiger partial charge in [0.05, 0.1) is 0 Å². The second-order valence-corrected chi connectivity index (χ2v) is 11.7. The molecule has 0 spiro atoms. The molecule has 0 aromatic rings. The van der Waals surface area contributed by atoms with Crippen LogP contribution >= 0.6 is 0 Å². The monoisotopic (exact) mass is 197 g/mol. The van der Waals surface area contributed by atoms with E-state index < -0.39 is 8.07 Å². The normalized spacial score (nSPS) is 35.3. The maximum absolute atomic E-state index is 2.74. The fourth-order valence-electron chi connectivity index (χ4n) is 3.21. The van der Waals surface area contributed by atoms with Crippen molar-refractivity contribution in [1.29, 1.82) is 0 Å². The maximum atomic E-state index is 2.74. The van der Waals surface area contributed by atoms with Crippen molar-refractivity contribution in [3.8, 4) is 0 Å². The van der Waals surface area contributed by atoms with Crippen LogP contribution in [0.2, 0.25) is 25.7 Å². The standard InChI is InChI=1S/C11H23NSi/c1-13(2,3)9-10-7-11-5-4-6-12(11)8-10/h10-11H,4-9H2,1-3H3/t10-,11+/m1/s1. The molecule has 2 heteroatoms. The predicted octanol–water partition coefficient (Wildman–Crippen LogP) is 2.81. The highest BCUT2D eigenvalue weighted by atomic mass is 28.3. The summed E-state index contributed by atoms with van der Waals surface area (Å²) in [5, 5.41) is 0. The van der Waals surface area contributed by atoms with Gasteiger partial charge in [0.15, 0.2) is 0 Å². The van der Waals surface area contributed by atoms with E-state index in [0.29, 0.717) is 0 Å². The minimum absolute atomic E-state index is 0.797. The lowest BCUT2D eigenvalue weighted by atomic mass is 10.1. The van der Waals surface area contributed by atoms with E-state index in [1.54, 1.807) is 6.04 Å². The lowest BCUT2D eigenvalue weighted by Gasteiger charge is -2.21. The SMILES string of the molecule is C[Si](C)(C)C[C@@H]1C[C@@H]2CCCN2C1. The van der Waals surface area contributed by atoms with Crippen LogP contribution in [0.3, 0.4) is 0 Å². The molecule has 2 aliphatic heterocycles. The van der Waals surface area contributed by atoms with Crippen LogP contribution < -0.4 is 0 Å². The quantitative estimate of drug-likeness (QED) is 0.615. The second kappa shape index (κ2) is 3.39. The van der Waals surface area contributed by atoms with Crippen molar-refractivity contribution in [1.82, 2.24) is 4.90 Å².